The third-order valence-corrected chi connectivity index (χ3v) is 2.96. The lowest BCUT2D eigenvalue weighted by Gasteiger charge is -2.14. The van der Waals surface area contributed by atoms with Gasteiger partial charge in [-0.1, -0.05) is 12.1 Å². The van der Waals surface area contributed by atoms with E-state index in [1.807, 2.05) is 24.3 Å². The first-order valence-electron chi connectivity index (χ1n) is 6.30. The summed E-state index contributed by atoms with van der Waals surface area (Å²) >= 11 is 5.16. The summed E-state index contributed by atoms with van der Waals surface area (Å²) in [4.78, 5) is 10.1. The van der Waals surface area contributed by atoms with Crippen molar-refractivity contribution in [2.45, 2.75) is 0 Å². The highest BCUT2D eigenvalue weighted by atomic mass is 32.1. The Bertz CT molecular complexity index is 676. The van der Waals surface area contributed by atoms with Gasteiger partial charge in [0, 0.05) is 12.1 Å². The SMILES string of the molecule is COc1ccccc1NC(=S)NNc1ccc([N+](=O)[O-])cc1. The number of methoxy groups -OCH3 is 1. The van der Waals surface area contributed by atoms with Gasteiger partial charge < -0.3 is 10.1 Å². The number of nitrogens with one attached hydrogen (secondary N) is 3. The number of nitrogens with zero attached hydrogens (tertiary/aromatic N) is 1. The molecule has 0 amide bonds. The molecule has 0 unspecified atom stereocenters. The van der Waals surface area contributed by atoms with Crippen LogP contribution in [0.1, 0.15) is 0 Å². The number of anilines is 2. The van der Waals surface area contributed by atoms with Crippen molar-refractivity contribution in [1.29, 1.82) is 0 Å². The molecular formula is C14H14N4O3S. The predicted octanol–water partition coefficient (Wildman–Crippen LogP) is 2.92. The molecule has 0 saturated heterocycles. The monoisotopic (exact) mass is 318 g/mol. The number of rotatable bonds is 5. The minimum absolute atomic E-state index is 0.0280. The van der Waals surface area contributed by atoms with Crippen LogP contribution in [-0.2, 0) is 0 Å². The van der Waals surface area contributed by atoms with Crippen molar-refractivity contribution in [2.24, 2.45) is 0 Å². The zero-order chi connectivity index (χ0) is 15.9. The molecule has 0 heterocycles. The number of hydrazine groups is 1. The molecule has 2 aromatic rings. The first-order chi connectivity index (χ1) is 10.6. The van der Waals surface area contributed by atoms with E-state index >= 15 is 0 Å². The maximum absolute atomic E-state index is 10.6. The molecule has 0 bridgehead atoms. The second kappa shape index (κ2) is 7.23. The standard InChI is InChI=1S/C14H14N4O3S/c1-21-13-5-3-2-4-12(13)15-14(22)17-16-10-6-8-11(9-7-10)18(19)20/h2-9,16H,1H3,(H2,15,17,22). The number of nitro benzene ring substituents is 1. The van der Waals surface area contributed by atoms with Crippen LogP contribution in [0, 0.1) is 10.1 Å². The summed E-state index contributed by atoms with van der Waals surface area (Å²) in [6, 6.07) is 13.3. The highest BCUT2D eigenvalue weighted by molar-refractivity contribution is 7.80. The number of ether oxygens (including phenoxy) is 1. The zero-order valence-corrected chi connectivity index (χ0v) is 12.5. The molecule has 0 spiro atoms. The van der Waals surface area contributed by atoms with Gasteiger partial charge in [0.1, 0.15) is 5.75 Å². The molecule has 0 radical (unpaired) electrons. The number of hydrogen-bond acceptors (Lipinski definition) is 5. The van der Waals surface area contributed by atoms with Crippen molar-refractivity contribution in [1.82, 2.24) is 5.43 Å². The number of nitro groups is 1. The van der Waals surface area contributed by atoms with Gasteiger partial charge in [0.05, 0.1) is 23.4 Å². The van der Waals surface area contributed by atoms with E-state index in [1.54, 1.807) is 19.2 Å². The van der Waals surface area contributed by atoms with Crippen molar-refractivity contribution in [3.05, 3.63) is 58.6 Å². The first-order valence-corrected chi connectivity index (χ1v) is 6.71. The fourth-order valence-electron chi connectivity index (χ4n) is 1.70. The summed E-state index contributed by atoms with van der Waals surface area (Å²) in [6.07, 6.45) is 0. The fourth-order valence-corrected chi connectivity index (χ4v) is 1.86. The average molecular weight is 318 g/mol. The van der Waals surface area contributed by atoms with E-state index in [4.69, 9.17) is 17.0 Å². The molecular weight excluding hydrogens is 304 g/mol. The van der Waals surface area contributed by atoms with E-state index in [9.17, 15) is 10.1 Å². The van der Waals surface area contributed by atoms with Crippen LogP contribution >= 0.6 is 12.2 Å². The lowest BCUT2D eigenvalue weighted by molar-refractivity contribution is -0.384. The van der Waals surface area contributed by atoms with Gasteiger partial charge in [0.2, 0.25) is 0 Å². The van der Waals surface area contributed by atoms with E-state index in [2.05, 4.69) is 16.2 Å². The molecule has 22 heavy (non-hydrogen) atoms. The second-order valence-corrected chi connectivity index (χ2v) is 4.62. The fraction of sp³-hybridized carbons (Fsp3) is 0.0714. The Hall–Kier alpha value is -2.87. The van der Waals surface area contributed by atoms with Gasteiger partial charge in [0.15, 0.2) is 5.11 Å². The van der Waals surface area contributed by atoms with E-state index in [-0.39, 0.29) is 5.69 Å². The molecule has 7 nitrogen and oxygen atoms in total. The predicted molar refractivity (Wildman–Crippen MR) is 89.1 cm³/mol. The smallest absolute Gasteiger partial charge is 0.269 e. The number of benzene rings is 2. The van der Waals surface area contributed by atoms with Gasteiger partial charge in [0.25, 0.3) is 5.69 Å². The molecule has 2 aromatic carbocycles. The molecule has 114 valence electrons. The largest absolute Gasteiger partial charge is 0.495 e. The van der Waals surface area contributed by atoms with Crippen molar-refractivity contribution < 1.29 is 9.66 Å². The topological polar surface area (TPSA) is 88.5 Å². The van der Waals surface area contributed by atoms with Crippen molar-refractivity contribution in [3.63, 3.8) is 0 Å². The summed E-state index contributed by atoms with van der Waals surface area (Å²) in [6.45, 7) is 0. The lowest BCUT2D eigenvalue weighted by atomic mass is 10.3. The Morgan fingerprint density at radius 3 is 2.50 bits per heavy atom. The first kappa shape index (κ1) is 15.5. The summed E-state index contributed by atoms with van der Waals surface area (Å²) in [5, 5.41) is 13.9. The Labute approximate surface area is 132 Å². The Kier molecular flexibility index (Phi) is 5.10. The van der Waals surface area contributed by atoms with Crippen LogP contribution in [0.25, 0.3) is 0 Å². The van der Waals surface area contributed by atoms with Crippen molar-refractivity contribution in [3.8, 4) is 5.75 Å². The summed E-state index contributed by atoms with van der Waals surface area (Å²) in [7, 11) is 1.58. The maximum atomic E-state index is 10.6. The molecule has 0 aliphatic heterocycles. The number of para-hydroxylation sites is 2. The highest BCUT2D eigenvalue weighted by Gasteiger charge is 2.05. The van der Waals surface area contributed by atoms with Crippen LogP contribution in [0.4, 0.5) is 17.1 Å². The lowest BCUT2D eigenvalue weighted by Crippen LogP contribution is -2.33. The van der Waals surface area contributed by atoms with Crippen molar-refractivity contribution >= 4 is 34.4 Å². The van der Waals surface area contributed by atoms with Crippen LogP contribution < -0.4 is 20.9 Å². The van der Waals surface area contributed by atoms with Crippen LogP contribution in [0.15, 0.2) is 48.5 Å². The zero-order valence-electron chi connectivity index (χ0n) is 11.7. The number of hydrogen-bond donors (Lipinski definition) is 3. The molecule has 2 rings (SSSR count). The molecule has 8 heteroatoms. The van der Waals surface area contributed by atoms with Crippen LogP contribution in [0.2, 0.25) is 0 Å². The Morgan fingerprint density at radius 1 is 1.18 bits per heavy atom. The Morgan fingerprint density at radius 2 is 1.86 bits per heavy atom. The van der Waals surface area contributed by atoms with Gasteiger partial charge in [-0.3, -0.25) is 21.0 Å². The molecule has 0 fully saturated rings. The molecule has 3 N–H and O–H groups in total. The van der Waals surface area contributed by atoms with Gasteiger partial charge in [-0.15, -0.1) is 0 Å². The number of non-ortho nitro benzene ring substituents is 1. The van der Waals surface area contributed by atoms with E-state index in [0.717, 1.165) is 5.69 Å². The molecule has 0 saturated carbocycles. The van der Waals surface area contributed by atoms with Crippen molar-refractivity contribution in [2.75, 3.05) is 17.9 Å². The molecule has 0 atom stereocenters. The van der Waals surface area contributed by atoms with Crippen LogP contribution in [0.5, 0.6) is 5.75 Å². The Balaban J connectivity index is 1.91. The quantitative estimate of drug-likeness (QED) is 0.444. The van der Waals surface area contributed by atoms with Gasteiger partial charge in [-0.05, 0) is 36.5 Å². The summed E-state index contributed by atoms with van der Waals surface area (Å²) in [5.74, 6) is 0.669. The van der Waals surface area contributed by atoms with Gasteiger partial charge in [-0.25, -0.2) is 0 Å². The molecule has 0 aromatic heterocycles. The third kappa shape index (κ3) is 4.06. The second-order valence-electron chi connectivity index (χ2n) is 4.21. The summed E-state index contributed by atoms with van der Waals surface area (Å²) in [5.41, 5.74) is 7.05. The normalized spacial score (nSPS) is 9.68. The summed E-state index contributed by atoms with van der Waals surface area (Å²) < 4.78 is 5.21. The van der Waals surface area contributed by atoms with Gasteiger partial charge >= 0.3 is 0 Å². The third-order valence-electron chi connectivity index (χ3n) is 2.75. The molecule has 0 aliphatic carbocycles. The van der Waals surface area contributed by atoms with E-state index in [0.29, 0.717) is 16.5 Å². The minimum Gasteiger partial charge on any atom is -0.495 e. The minimum atomic E-state index is -0.453. The highest BCUT2D eigenvalue weighted by Crippen LogP contribution is 2.22. The van der Waals surface area contributed by atoms with Crippen LogP contribution in [0.3, 0.4) is 0 Å². The van der Waals surface area contributed by atoms with Gasteiger partial charge in [-0.2, -0.15) is 0 Å². The van der Waals surface area contributed by atoms with E-state index < -0.39 is 4.92 Å². The van der Waals surface area contributed by atoms with E-state index in [1.165, 1.54) is 12.1 Å². The molecule has 0 aliphatic rings. The maximum Gasteiger partial charge on any atom is 0.269 e. The average Bonchev–Trinajstić information content (AvgIpc) is 2.54. The van der Waals surface area contributed by atoms with Crippen LogP contribution in [-0.4, -0.2) is 17.1 Å². The number of thiocarbonyl (C=S) groups is 1.